The van der Waals surface area contributed by atoms with E-state index >= 15 is 0 Å². The normalized spacial score (nSPS) is 35.0. The van der Waals surface area contributed by atoms with Crippen molar-refractivity contribution in [2.45, 2.75) is 63.8 Å². The first-order valence-electron chi connectivity index (χ1n) is 10.5. The topological polar surface area (TPSA) is 66.5 Å². The average Bonchev–Trinajstić information content (AvgIpc) is 3.02. The molecule has 1 aromatic rings. The standard InChI is InChI=1S/C22H32N2O3S/c1-21(2)17-11-12-22(21,3)19(14-17)23-20(25)16-8-7-13-24(15-16)28(26,27)18-9-5-4-6-10-18/h4-6,9-10,16-17,19H,7-8,11-15H2,1-3H3,(H,23,25). The van der Waals surface area contributed by atoms with Crippen molar-refractivity contribution in [1.82, 2.24) is 9.62 Å². The van der Waals surface area contributed by atoms with Crippen LogP contribution in [0, 0.1) is 22.7 Å². The molecule has 154 valence electrons. The van der Waals surface area contributed by atoms with E-state index in [1.54, 1.807) is 24.3 Å². The van der Waals surface area contributed by atoms with Crippen molar-refractivity contribution < 1.29 is 13.2 Å². The number of hydrogen-bond donors (Lipinski definition) is 1. The number of sulfonamides is 1. The number of nitrogens with one attached hydrogen (secondary N) is 1. The molecule has 28 heavy (non-hydrogen) atoms. The van der Waals surface area contributed by atoms with Gasteiger partial charge in [0.2, 0.25) is 15.9 Å². The summed E-state index contributed by atoms with van der Waals surface area (Å²) in [4.78, 5) is 13.4. The van der Waals surface area contributed by atoms with Gasteiger partial charge in [-0.15, -0.1) is 0 Å². The molecule has 1 aliphatic heterocycles. The monoisotopic (exact) mass is 404 g/mol. The molecule has 4 atom stereocenters. The summed E-state index contributed by atoms with van der Waals surface area (Å²) in [6.07, 6.45) is 4.94. The Hall–Kier alpha value is -1.40. The zero-order valence-electron chi connectivity index (χ0n) is 17.1. The van der Waals surface area contributed by atoms with Gasteiger partial charge in [0.25, 0.3) is 0 Å². The highest BCUT2D eigenvalue weighted by Crippen LogP contribution is 2.65. The minimum absolute atomic E-state index is 0.0301. The number of benzene rings is 1. The molecule has 6 heteroatoms. The van der Waals surface area contributed by atoms with E-state index in [-0.39, 0.29) is 35.2 Å². The Morgan fingerprint density at radius 2 is 1.86 bits per heavy atom. The number of carbonyl (C=O) groups is 1. The molecular formula is C22H32N2O3S. The zero-order valence-corrected chi connectivity index (χ0v) is 18.0. The number of hydrogen-bond acceptors (Lipinski definition) is 3. The molecule has 2 bridgehead atoms. The van der Waals surface area contributed by atoms with Crippen LogP contribution in [0.4, 0.5) is 0 Å². The molecule has 1 heterocycles. The van der Waals surface area contributed by atoms with E-state index < -0.39 is 10.0 Å². The SMILES string of the molecule is CC1(C)C2CCC1(C)C(NC(=O)C1CCCN(S(=O)(=O)c3ccccc3)C1)C2. The molecule has 1 aromatic carbocycles. The molecule has 2 aliphatic carbocycles. The number of piperidine rings is 1. The van der Waals surface area contributed by atoms with Crippen molar-refractivity contribution in [2.75, 3.05) is 13.1 Å². The maximum atomic E-state index is 13.1. The van der Waals surface area contributed by atoms with Crippen LogP contribution in [0.5, 0.6) is 0 Å². The number of rotatable bonds is 4. The van der Waals surface area contributed by atoms with Gasteiger partial charge >= 0.3 is 0 Å². The van der Waals surface area contributed by atoms with Crippen molar-refractivity contribution in [1.29, 1.82) is 0 Å². The molecule has 1 saturated heterocycles. The zero-order chi connectivity index (χ0) is 20.2. The van der Waals surface area contributed by atoms with E-state index in [1.807, 2.05) is 6.07 Å². The van der Waals surface area contributed by atoms with Crippen molar-refractivity contribution in [3.63, 3.8) is 0 Å². The van der Waals surface area contributed by atoms with Gasteiger partial charge in [-0.05, 0) is 61.0 Å². The highest BCUT2D eigenvalue weighted by atomic mass is 32.2. The quantitative estimate of drug-likeness (QED) is 0.836. The fraction of sp³-hybridized carbons (Fsp3) is 0.682. The molecular weight excluding hydrogens is 372 g/mol. The van der Waals surface area contributed by atoms with Crippen LogP contribution in [0.1, 0.15) is 52.9 Å². The maximum Gasteiger partial charge on any atom is 0.243 e. The Bertz CT molecular complexity index is 852. The molecule has 1 amide bonds. The van der Waals surface area contributed by atoms with Gasteiger partial charge in [0, 0.05) is 19.1 Å². The summed E-state index contributed by atoms with van der Waals surface area (Å²) in [5.41, 5.74) is 0.387. The molecule has 4 unspecified atom stereocenters. The van der Waals surface area contributed by atoms with Gasteiger partial charge in [0.1, 0.15) is 0 Å². The predicted molar refractivity (Wildman–Crippen MR) is 109 cm³/mol. The third-order valence-electron chi connectivity index (χ3n) is 8.25. The number of amides is 1. The van der Waals surface area contributed by atoms with Crippen molar-refractivity contribution in [2.24, 2.45) is 22.7 Å². The summed E-state index contributed by atoms with van der Waals surface area (Å²) in [5, 5.41) is 3.33. The molecule has 0 aromatic heterocycles. The van der Waals surface area contributed by atoms with Gasteiger partial charge in [-0.2, -0.15) is 4.31 Å². The third kappa shape index (κ3) is 3.00. The first kappa shape index (κ1) is 19.9. The lowest BCUT2D eigenvalue weighted by Crippen LogP contribution is -2.51. The summed E-state index contributed by atoms with van der Waals surface area (Å²) in [5.74, 6) is 0.435. The van der Waals surface area contributed by atoms with E-state index in [0.717, 1.165) is 25.7 Å². The molecule has 1 N–H and O–H groups in total. The fourth-order valence-electron chi connectivity index (χ4n) is 5.83. The van der Waals surface area contributed by atoms with Crippen LogP contribution in [0.2, 0.25) is 0 Å². The van der Waals surface area contributed by atoms with Gasteiger partial charge in [0.05, 0.1) is 10.8 Å². The van der Waals surface area contributed by atoms with Crippen LogP contribution < -0.4 is 5.32 Å². The second-order valence-electron chi connectivity index (χ2n) is 9.69. The molecule has 0 spiro atoms. The summed E-state index contributed by atoms with van der Waals surface area (Å²) >= 11 is 0. The first-order chi connectivity index (χ1) is 13.2. The van der Waals surface area contributed by atoms with Gasteiger partial charge in [-0.3, -0.25) is 4.79 Å². The molecule has 3 fully saturated rings. The van der Waals surface area contributed by atoms with Gasteiger partial charge in [-0.25, -0.2) is 8.42 Å². The van der Waals surface area contributed by atoms with E-state index in [4.69, 9.17) is 0 Å². The average molecular weight is 405 g/mol. The lowest BCUT2D eigenvalue weighted by molar-refractivity contribution is -0.127. The Balaban J connectivity index is 1.45. The van der Waals surface area contributed by atoms with Crippen LogP contribution in [0.3, 0.4) is 0 Å². The highest BCUT2D eigenvalue weighted by Gasteiger charge is 2.61. The van der Waals surface area contributed by atoms with Crippen LogP contribution in [-0.4, -0.2) is 37.8 Å². The summed E-state index contributed by atoms with van der Waals surface area (Å²) < 4.78 is 27.4. The van der Waals surface area contributed by atoms with Gasteiger partial charge in [0.15, 0.2) is 0 Å². The van der Waals surface area contributed by atoms with Crippen molar-refractivity contribution >= 4 is 15.9 Å². The van der Waals surface area contributed by atoms with Gasteiger partial charge in [-0.1, -0.05) is 39.0 Å². The Morgan fingerprint density at radius 3 is 2.46 bits per heavy atom. The third-order valence-corrected chi connectivity index (χ3v) is 10.1. The lowest BCUT2D eigenvalue weighted by Gasteiger charge is -2.40. The highest BCUT2D eigenvalue weighted by molar-refractivity contribution is 7.89. The molecule has 0 radical (unpaired) electrons. The van der Waals surface area contributed by atoms with Crippen LogP contribution in [0.25, 0.3) is 0 Å². The molecule has 2 saturated carbocycles. The van der Waals surface area contributed by atoms with Crippen LogP contribution >= 0.6 is 0 Å². The minimum atomic E-state index is -3.54. The van der Waals surface area contributed by atoms with Crippen molar-refractivity contribution in [3.05, 3.63) is 30.3 Å². The molecule has 5 nitrogen and oxygen atoms in total. The van der Waals surface area contributed by atoms with E-state index in [0.29, 0.717) is 17.4 Å². The smallest absolute Gasteiger partial charge is 0.243 e. The number of fused-ring (bicyclic) bond motifs is 2. The van der Waals surface area contributed by atoms with Crippen molar-refractivity contribution in [3.8, 4) is 0 Å². The molecule has 3 aliphatic rings. The summed E-state index contributed by atoms with van der Waals surface area (Å²) in [6.45, 7) is 7.76. The fourth-order valence-corrected chi connectivity index (χ4v) is 7.37. The maximum absolute atomic E-state index is 13.1. The van der Waals surface area contributed by atoms with Gasteiger partial charge < -0.3 is 5.32 Å². The number of carbonyl (C=O) groups excluding carboxylic acids is 1. The Labute approximate surface area is 168 Å². The van der Waals surface area contributed by atoms with E-state index in [9.17, 15) is 13.2 Å². The number of nitrogens with zero attached hydrogens (tertiary/aromatic N) is 1. The molecule has 4 rings (SSSR count). The second-order valence-corrected chi connectivity index (χ2v) is 11.6. The largest absolute Gasteiger partial charge is 0.353 e. The summed E-state index contributed by atoms with van der Waals surface area (Å²) in [7, 11) is -3.54. The Morgan fingerprint density at radius 1 is 1.14 bits per heavy atom. The van der Waals surface area contributed by atoms with E-state index in [1.165, 1.54) is 10.7 Å². The minimum Gasteiger partial charge on any atom is -0.353 e. The Kier molecular flexibility index (Phi) is 4.86. The lowest BCUT2D eigenvalue weighted by atomic mass is 9.69. The summed E-state index contributed by atoms with van der Waals surface area (Å²) in [6, 6.07) is 8.73. The van der Waals surface area contributed by atoms with Crippen LogP contribution in [0.15, 0.2) is 35.2 Å². The predicted octanol–water partition coefficient (Wildman–Crippen LogP) is 3.42. The van der Waals surface area contributed by atoms with Crippen LogP contribution in [-0.2, 0) is 14.8 Å². The first-order valence-corrected chi connectivity index (χ1v) is 12.0. The van der Waals surface area contributed by atoms with E-state index in [2.05, 4.69) is 26.1 Å². The second kappa shape index (κ2) is 6.84.